The molecular formula is C19H23N3O. The van der Waals surface area contributed by atoms with Gasteiger partial charge in [-0.3, -0.25) is 9.48 Å². The molecule has 1 aromatic heterocycles. The van der Waals surface area contributed by atoms with Crippen LogP contribution >= 0.6 is 0 Å². The first kappa shape index (κ1) is 17.0. The second-order valence-corrected chi connectivity index (χ2v) is 6.79. The molecule has 1 unspecified atom stereocenters. The summed E-state index contributed by atoms with van der Waals surface area (Å²) in [5, 5.41) is 13.8. The van der Waals surface area contributed by atoms with Crippen LogP contribution in [-0.4, -0.2) is 15.6 Å². The highest BCUT2D eigenvalue weighted by molar-refractivity contribution is 6.01. The smallest absolute Gasteiger partial charge is 0.202 e. The molecule has 0 aliphatic heterocycles. The summed E-state index contributed by atoms with van der Waals surface area (Å²) in [7, 11) is 0. The minimum atomic E-state index is -0.801. The SMILES string of the molecule is CCn1nc(C)cc1C(=O)C(C#N)c1ccc(C(C)(C)C)cc1. The van der Waals surface area contributed by atoms with Crippen molar-refractivity contribution in [2.45, 2.75) is 52.5 Å². The number of carbonyl (C=O) groups excluding carboxylic acids is 1. The second-order valence-electron chi connectivity index (χ2n) is 6.79. The van der Waals surface area contributed by atoms with Crippen molar-refractivity contribution in [1.82, 2.24) is 9.78 Å². The van der Waals surface area contributed by atoms with Crippen LogP contribution in [0.25, 0.3) is 0 Å². The van der Waals surface area contributed by atoms with Crippen LogP contribution in [0.5, 0.6) is 0 Å². The first-order valence-corrected chi connectivity index (χ1v) is 7.86. The molecule has 0 spiro atoms. The highest BCUT2D eigenvalue weighted by Crippen LogP contribution is 2.26. The van der Waals surface area contributed by atoms with Gasteiger partial charge in [0.2, 0.25) is 5.78 Å². The third-order valence-electron chi connectivity index (χ3n) is 3.96. The number of carbonyl (C=O) groups is 1. The number of aryl methyl sites for hydroxylation is 2. The standard InChI is InChI=1S/C19H23N3O/c1-6-22-17(11-13(2)21-22)18(23)16(12-20)14-7-9-15(10-8-14)19(3,4)5/h7-11,16H,6H2,1-5H3. The summed E-state index contributed by atoms with van der Waals surface area (Å²) in [6, 6.07) is 11.6. The maximum absolute atomic E-state index is 12.8. The van der Waals surface area contributed by atoms with Gasteiger partial charge in [-0.15, -0.1) is 0 Å². The molecule has 0 bridgehead atoms. The van der Waals surface area contributed by atoms with E-state index < -0.39 is 5.92 Å². The summed E-state index contributed by atoms with van der Waals surface area (Å²) < 4.78 is 1.66. The molecule has 0 saturated heterocycles. The van der Waals surface area contributed by atoms with Crippen molar-refractivity contribution < 1.29 is 4.79 Å². The molecule has 1 atom stereocenters. The molecule has 4 heteroatoms. The third kappa shape index (κ3) is 3.50. The van der Waals surface area contributed by atoms with Crippen LogP contribution in [0, 0.1) is 18.3 Å². The number of rotatable bonds is 4. The molecule has 0 radical (unpaired) electrons. The van der Waals surface area contributed by atoms with E-state index in [1.807, 2.05) is 38.1 Å². The normalized spacial score (nSPS) is 12.7. The summed E-state index contributed by atoms with van der Waals surface area (Å²) in [6.45, 7) is 10.8. The summed E-state index contributed by atoms with van der Waals surface area (Å²) in [5.41, 5.74) is 3.24. The van der Waals surface area contributed by atoms with Gasteiger partial charge in [-0.2, -0.15) is 10.4 Å². The molecule has 4 nitrogen and oxygen atoms in total. The number of Topliss-reactive ketones (excluding diaryl/α,β-unsaturated/α-hetero) is 1. The summed E-state index contributed by atoms with van der Waals surface area (Å²) in [6.07, 6.45) is 0. The van der Waals surface area contributed by atoms with E-state index >= 15 is 0 Å². The van der Waals surface area contributed by atoms with Gasteiger partial charge in [0.15, 0.2) is 0 Å². The Balaban J connectivity index is 2.36. The van der Waals surface area contributed by atoms with Crippen molar-refractivity contribution in [3.63, 3.8) is 0 Å². The highest BCUT2D eigenvalue weighted by Gasteiger charge is 2.25. The summed E-state index contributed by atoms with van der Waals surface area (Å²) in [4.78, 5) is 12.8. The van der Waals surface area contributed by atoms with Crippen molar-refractivity contribution >= 4 is 5.78 Å². The van der Waals surface area contributed by atoms with E-state index in [4.69, 9.17) is 0 Å². The Bertz CT molecular complexity index is 742. The number of hydrogen-bond donors (Lipinski definition) is 0. The van der Waals surface area contributed by atoms with E-state index in [0.29, 0.717) is 12.2 Å². The lowest BCUT2D eigenvalue weighted by molar-refractivity contribution is 0.0968. The van der Waals surface area contributed by atoms with Gasteiger partial charge in [-0.1, -0.05) is 45.0 Å². The van der Waals surface area contributed by atoms with Crippen LogP contribution in [0.15, 0.2) is 30.3 Å². The van der Waals surface area contributed by atoms with Crippen molar-refractivity contribution in [3.8, 4) is 6.07 Å². The van der Waals surface area contributed by atoms with Crippen molar-refractivity contribution in [3.05, 3.63) is 52.8 Å². The first-order valence-electron chi connectivity index (χ1n) is 7.86. The Labute approximate surface area is 137 Å². The summed E-state index contributed by atoms with van der Waals surface area (Å²) in [5.74, 6) is -0.996. The molecule has 0 saturated carbocycles. The van der Waals surface area contributed by atoms with Crippen LogP contribution in [0.2, 0.25) is 0 Å². The molecule has 2 aromatic rings. The minimum absolute atomic E-state index is 0.0443. The molecule has 0 fully saturated rings. The Morgan fingerprint density at radius 3 is 2.39 bits per heavy atom. The Hall–Kier alpha value is -2.41. The van der Waals surface area contributed by atoms with Crippen LogP contribution in [-0.2, 0) is 12.0 Å². The number of aromatic nitrogens is 2. The van der Waals surface area contributed by atoms with E-state index in [9.17, 15) is 10.1 Å². The largest absolute Gasteiger partial charge is 0.291 e. The Kier molecular flexibility index (Phi) is 4.70. The topological polar surface area (TPSA) is 58.7 Å². The van der Waals surface area contributed by atoms with Gasteiger partial charge in [0.05, 0.1) is 11.8 Å². The highest BCUT2D eigenvalue weighted by atomic mass is 16.1. The lowest BCUT2D eigenvalue weighted by Gasteiger charge is -2.19. The Morgan fingerprint density at radius 2 is 1.91 bits per heavy atom. The van der Waals surface area contributed by atoms with Gasteiger partial charge >= 0.3 is 0 Å². The zero-order chi connectivity index (χ0) is 17.2. The number of benzene rings is 1. The fourth-order valence-electron chi connectivity index (χ4n) is 2.59. The third-order valence-corrected chi connectivity index (χ3v) is 3.96. The van der Waals surface area contributed by atoms with E-state index in [0.717, 1.165) is 11.3 Å². The van der Waals surface area contributed by atoms with E-state index in [2.05, 4.69) is 31.9 Å². The molecule has 1 heterocycles. The maximum Gasteiger partial charge on any atom is 0.202 e. The second kappa shape index (κ2) is 6.37. The van der Waals surface area contributed by atoms with Gasteiger partial charge in [-0.25, -0.2) is 0 Å². The fraction of sp³-hybridized carbons (Fsp3) is 0.421. The first-order chi connectivity index (χ1) is 10.8. The quantitative estimate of drug-likeness (QED) is 0.802. The number of ketones is 1. The molecule has 0 aliphatic rings. The number of hydrogen-bond acceptors (Lipinski definition) is 3. The zero-order valence-corrected chi connectivity index (χ0v) is 14.4. The van der Waals surface area contributed by atoms with Gasteiger partial charge in [0, 0.05) is 6.54 Å². The average Bonchev–Trinajstić information content (AvgIpc) is 2.88. The summed E-state index contributed by atoms with van der Waals surface area (Å²) >= 11 is 0. The minimum Gasteiger partial charge on any atom is -0.291 e. The monoisotopic (exact) mass is 309 g/mol. The molecular weight excluding hydrogens is 286 g/mol. The zero-order valence-electron chi connectivity index (χ0n) is 14.4. The van der Waals surface area contributed by atoms with Crippen molar-refractivity contribution in [2.24, 2.45) is 0 Å². The van der Waals surface area contributed by atoms with Crippen LogP contribution in [0.1, 0.15) is 60.9 Å². The molecule has 2 rings (SSSR count). The van der Waals surface area contributed by atoms with Gasteiger partial charge in [0.25, 0.3) is 0 Å². The lowest BCUT2D eigenvalue weighted by atomic mass is 9.85. The predicted molar refractivity (Wildman–Crippen MR) is 90.5 cm³/mol. The van der Waals surface area contributed by atoms with Crippen LogP contribution < -0.4 is 0 Å². The Morgan fingerprint density at radius 1 is 1.30 bits per heavy atom. The van der Waals surface area contributed by atoms with E-state index in [1.54, 1.807) is 10.7 Å². The van der Waals surface area contributed by atoms with Gasteiger partial charge < -0.3 is 0 Å². The number of nitriles is 1. The number of nitrogens with zero attached hydrogens (tertiary/aromatic N) is 3. The van der Waals surface area contributed by atoms with Crippen molar-refractivity contribution in [2.75, 3.05) is 0 Å². The lowest BCUT2D eigenvalue weighted by Crippen LogP contribution is -2.17. The van der Waals surface area contributed by atoms with Crippen LogP contribution in [0.3, 0.4) is 0 Å². The van der Waals surface area contributed by atoms with Gasteiger partial charge in [0.1, 0.15) is 11.6 Å². The maximum atomic E-state index is 12.8. The van der Waals surface area contributed by atoms with Crippen LogP contribution in [0.4, 0.5) is 0 Å². The van der Waals surface area contributed by atoms with Crippen molar-refractivity contribution in [1.29, 1.82) is 5.26 Å². The molecule has 0 aliphatic carbocycles. The molecule has 0 amide bonds. The van der Waals surface area contributed by atoms with E-state index in [-0.39, 0.29) is 11.2 Å². The average molecular weight is 309 g/mol. The molecule has 1 aromatic carbocycles. The molecule has 120 valence electrons. The van der Waals surface area contributed by atoms with E-state index in [1.165, 1.54) is 5.56 Å². The van der Waals surface area contributed by atoms with Gasteiger partial charge in [-0.05, 0) is 36.5 Å². The molecule has 0 N–H and O–H groups in total. The molecule has 23 heavy (non-hydrogen) atoms. The fourth-order valence-corrected chi connectivity index (χ4v) is 2.59. The predicted octanol–water partition coefficient (Wildman–Crippen LogP) is 4.00.